The quantitative estimate of drug-likeness (QED) is 0.176. The molecule has 0 bridgehead atoms. The second-order valence-corrected chi connectivity index (χ2v) is 9.80. The van der Waals surface area contributed by atoms with Crippen molar-refractivity contribution in [2.75, 3.05) is 11.5 Å². The standard InChI is InChI=1S/C27H19ClF2N2O4S/c1-3-36-15-7-8-17(28)16(10-15)24(33)22-23(14-6-4-5-13(2)9-14)32(26(35)25(22)34)27-31-20-11-18(29)19(30)12-21(20)37-27/h4-12,23,33H,3H2,1-2H3/b24-22+. The number of aliphatic hydroxyl groups is 1. The van der Waals surface area contributed by atoms with Crippen molar-refractivity contribution in [3.05, 3.63) is 93.5 Å². The molecular formula is C27H19ClF2N2O4S. The highest BCUT2D eigenvalue weighted by Gasteiger charge is 2.48. The van der Waals surface area contributed by atoms with Crippen LogP contribution in [0.15, 0.2) is 60.2 Å². The number of Topliss-reactive ketones (excluding diaryl/α,β-unsaturated/α-hetero) is 1. The minimum Gasteiger partial charge on any atom is -0.507 e. The second kappa shape index (κ2) is 9.57. The van der Waals surface area contributed by atoms with Gasteiger partial charge in [0.1, 0.15) is 11.5 Å². The van der Waals surface area contributed by atoms with Crippen LogP contribution in [0.5, 0.6) is 5.75 Å². The third-order valence-corrected chi connectivity index (χ3v) is 7.28. The number of rotatable bonds is 5. The fraction of sp³-hybridized carbons (Fsp3) is 0.148. The summed E-state index contributed by atoms with van der Waals surface area (Å²) in [6.07, 6.45) is 0. The highest BCUT2D eigenvalue weighted by molar-refractivity contribution is 7.22. The van der Waals surface area contributed by atoms with Crippen molar-refractivity contribution in [2.45, 2.75) is 19.9 Å². The molecule has 1 amide bonds. The number of aryl methyl sites for hydroxylation is 1. The maximum Gasteiger partial charge on any atom is 0.301 e. The fourth-order valence-corrected chi connectivity index (χ4v) is 5.49. The van der Waals surface area contributed by atoms with E-state index >= 15 is 0 Å². The molecule has 0 saturated carbocycles. The number of fused-ring (bicyclic) bond motifs is 1. The molecule has 6 nitrogen and oxygen atoms in total. The minimum absolute atomic E-state index is 0.0572. The Balaban J connectivity index is 1.74. The van der Waals surface area contributed by atoms with Gasteiger partial charge in [-0.25, -0.2) is 13.8 Å². The maximum atomic E-state index is 13.8. The summed E-state index contributed by atoms with van der Waals surface area (Å²) >= 11 is 7.30. The first-order chi connectivity index (χ1) is 17.7. The molecule has 4 aromatic rings. The molecule has 37 heavy (non-hydrogen) atoms. The lowest BCUT2D eigenvalue weighted by Crippen LogP contribution is -2.29. The molecule has 0 spiro atoms. The van der Waals surface area contributed by atoms with Crippen LogP contribution in [0.1, 0.15) is 29.7 Å². The van der Waals surface area contributed by atoms with Crippen molar-refractivity contribution in [2.24, 2.45) is 0 Å². The van der Waals surface area contributed by atoms with Crippen molar-refractivity contribution >= 4 is 55.7 Å². The van der Waals surface area contributed by atoms with Gasteiger partial charge in [-0.3, -0.25) is 14.5 Å². The van der Waals surface area contributed by atoms with Crippen molar-refractivity contribution in [3.63, 3.8) is 0 Å². The van der Waals surface area contributed by atoms with Crippen LogP contribution >= 0.6 is 22.9 Å². The molecule has 188 valence electrons. The van der Waals surface area contributed by atoms with E-state index in [1.54, 1.807) is 31.2 Å². The molecule has 1 aromatic heterocycles. The van der Waals surface area contributed by atoms with Gasteiger partial charge in [-0.15, -0.1) is 0 Å². The predicted octanol–water partition coefficient (Wildman–Crippen LogP) is 6.56. The number of carbonyl (C=O) groups excluding carboxylic acids is 2. The highest BCUT2D eigenvalue weighted by atomic mass is 35.5. The lowest BCUT2D eigenvalue weighted by molar-refractivity contribution is -0.132. The van der Waals surface area contributed by atoms with Gasteiger partial charge >= 0.3 is 5.91 Å². The molecule has 1 aliphatic rings. The van der Waals surface area contributed by atoms with Crippen LogP contribution in [0.2, 0.25) is 5.02 Å². The van der Waals surface area contributed by atoms with Gasteiger partial charge in [-0.05, 0) is 43.7 Å². The molecule has 1 unspecified atom stereocenters. The van der Waals surface area contributed by atoms with Gasteiger partial charge in [0, 0.05) is 11.6 Å². The summed E-state index contributed by atoms with van der Waals surface area (Å²) in [7, 11) is 0. The Morgan fingerprint density at radius 2 is 1.89 bits per heavy atom. The number of amides is 1. The number of carbonyl (C=O) groups is 2. The molecule has 0 aliphatic carbocycles. The first-order valence-corrected chi connectivity index (χ1v) is 12.4. The van der Waals surface area contributed by atoms with Crippen molar-refractivity contribution < 1.29 is 28.2 Å². The van der Waals surface area contributed by atoms with Crippen molar-refractivity contribution in [1.29, 1.82) is 0 Å². The Bertz CT molecular complexity index is 1580. The summed E-state index contributed by atoms with van der Waals surface area (Å²) in [6.45, 7) is 4.02. The number of aliphatic hydroxyl groups excluding tert-OH is 1. The predicted molar refractivity (Wildman–Crippen MR) is 138 cm³/mol. The Hall–Kier alpha value is -3.82. The SMILES string of the molecule is CCOc1ccc(Cl)c(/C(O)=C2\C(=O)C(=O)N(c3nc4cc(F)c(F)cc4s3)C2c2cccc(C)c2)c1. The summed E-state index contributed by atoms with van der Waals surface area (Å²) < 4.78 is 33.5. The summed E-state index contributed by atoms with van der Waals surface area (Å²) in [5, 5.41) is 11.6. The van der Waals surface area contributed by atoms with Gasteiger partial charge in [0.2, 0.25) is 0 Å². The van der Waals surface area contributed by atoms with Crippen LogP contribution in [-0.2, 0) is 9.59 Å². The van der Waals surface area contributed by atoms with E-state index in [4.69, 9.17) is 16.3 Å². The maximum absolute atomic E-state index is 13.8. The first-order valence-electron chi connectivity index (χ1n) is 11.3. The summed E-state index contributed by atoms with van der Waals surface area (Å²) in [4.78, 5) is 32.2. The third-order valence-electron chi connectivity index (χ3n) is 5.93. The molecule has 2 heterocycles. The summed E-state index contributed by atoms with van der Waals surface area (Å²) in [5.74, 6) is -4.07. The molecule has 3 aromatic carbocycles. The number of anilines is 1. The largest absolute Gasteiger partial charge is 0.507 e. The number of hydrogen-bond donors (Lipinski definition) is 1. The topological polar surface area (TPSA) is 79.7 Å². The van der Waals surface area contributed by atoms with Gasteiger partial charge in [0.05, 0.1) is 33.5 Å². The van der Waals surface area contributed by atoms with Crippen molar-refractivity contribution in [1.82, 2.24) is 4.98 Å². The molecule has 1 fully saturated rings. The second-order valence-electron chi connectivity index (χ2n) is 8.39. The van der Waals surface area contributed by atoms with Gasteiger partial charge in [-0.2, -0.15) is 0 Å². The van der Waals surface area contributed by atoms with E-state index in [1.165, 1.54) is 12.1 Å². The van der Waals surface area contributed by atoms with E-state index in [1.807, 2.05) is 13.0 Å². The van der Waals surface area contributed by atoms with Crippen LogP contribution in [-0.4, -0.2) is 28.4 Å². The molecule has 10 heteroatoms. The average Bonchev–Trinajstić information content (AvgIpc) is 3.37. The monoisotopic (exact) mass is 540 g/mol. The first kappa shape index (κ1) is 24.9. The smallest absolute Gasteiger partial charge is 0.301 e. The average molecular weight is 541 g/mol. The lowest BCUT2D eigenvalue weighted by atomic mass is 9.94. The Morgan fingerprint density at radius 3 is 2.62 bits per heavy atom. The number of hydrogen-bond acceptors (Lipinski definition) is 6. The van der Waals surface area contributed by atoms with Crippen LogP contribution in [0, 0.1) is 18.6 Å². The molecule has 5 rings (SSSR count). The zero-order valence-electron chi connectivity index (χ0n) is 19.6. The number of halogens is 3. The molecule has 0 radical (unpaired) electrons. The minimum atomic E-state index is -1.08. The number of ether oxygens (including phenoxy) is 1. The van der Waals surface area contributed by atoms with Crippen LogP contribution in [0.4, 0.5) is 13.9 Å². The van der Waals surface area contributed by atoms with E-state index < -0.39 is 35.1 Å². The van der Waals surface area contributed by atoms with Crippen molar-refractivity contribution in [3.8, 4) is 5.75 Å². The fourth-order valence-electron chi connectivity index (χ4n) is 4.29. The van der Waals surface area contributed by atoms with E-state index in [2.05, 4.69) is 4.98 Å². The van der Waals surface area contributed by atoms with Crippen LogP contribution in [0.3, 0.4) is 0 Å². The Kier molecular flexibility index (Phi) is 6.43. The van der Waals surface area contributed by atoms with Gasteiger partial charge in [-0.1, -0.05) is 52.8 Å². The summed E-state index contributed by atoms with van der Waals surface area (Å²) in [6, 6.07) is 12.6. The zero-order valence-corrected chi connectivity index (χ0v) is 21.2. The normalized spacial score (nSPS) is 17.1. The lowest BCUT2D eigenvalue weighted by Gasteiger charge is -2.23. The number of thiazole rings is 1. The Labute approximate surface area is 219 Å². The van der Waals surface area contributed by atoms with Crippen LogP contribution in [0.25, 0.3) is 16.0 Å². The van der Waals surface area contributed by atoms with E-state index in [-0.39, 0.29) is 26.8 Å². The summed E-state index contributed by atoms with van der Waals surface area (Å²) in [5.41, 5.74) is 1.46. The van der Waals surface area contributed by atoms with E-state index in [9.17, 15) is 23.5 Å². The highest BCUT2D eigenvalue weighted by Crippen LogP contribution is 2.45. The molecule has 1 atom stereocenters. The van der Waals surface area contributed by atoms with Gasteiger partial charge in [0.25, 0.3) is 5.78 Å². The number of benzene rings is 3. The molecular weight excluding hydrogens is 522 g/mol. The molecule has 1 saturated heterocycles. The van der Waals surface area contributed by atoms with Gasteiger partial charge < -0.3 is 9.84 Å². The van der Waals surface area contributed by atoms with E-state index in [0.29, 0.717) is 22.6 Å². The molecule has 1 N–H and O–H groups in total. The van der Waals surface area contributed by atoms with Gasteiger partial charge in [0.15, 0.2) is 16.8 Å². The zero-order chi connectivity index (χ0) is 26.4. The third kappa shape index (κ3) is 4.34. The van der Waals surface area contributed by atoms with Crippen LogP contribution < -0.4 is 9.64 Å². The molecule has 1 aliphatic heterocycles. The Morgan fingerprint density at radius 1 is 1.14 bits per heavy atom. The number of aromatic nitrogens is 1. The number of nitrogens with zero attached hydrogens (tertiary/aromatic N) is 2. The number of ketones is 1. The van der Waals surface area contributed by atoms with E-state index in [0.717, 1.165) is 33.9 Å².